The van der Waals surface area contributed by atoms with Gasteiger partial charge in [-0.15, -0.1) is 11.3 Å². The summed E-state index contributed by atoms with van der Waals surface area (Å²) in [4.78, 5) is 19.2. The molecule has 0 spiro atoms. The molecular weight excluding hydrogens is 360 g/mol. The fraction of sp³-hybridized carbons (Fsp3) is 0.316. The van der Waals surface area contributed by atoms with Crippen molar-refractivity contribution >= 4 is 28.4 Å². The maximum absolute atomic E-state index is 13.1. The van der Waals surface area contributed by atoms with Crippen molar-refractivity contribution in [2.24, 2.45) is 11.3 Å². The number of nitrogens with zero attached hydrogens (tertiary/aromatic N) is 6. The standard InChI is InChI=1S/C19H14N6OS/c20-8-14-10-27-17(23-14)12-7-16-15(3-5-22-25(16)9-12)24-6-4-19(11-21,18(24)26)13-1-2-13/h3,5,7,9-10,13H,1-2,4,6H2/t19-/m1/s1. The Labute approximate surface area is 159 Å². The first-order valence-corrected chi connectivity index (χ1v) is 9.61. The summed E-state index contributed by atoms with van der Waals surface area (Å²) in [5, 5.41) is 25.5. The van der Waals surface area contributed by atoms with E-state index in [2.05, 4.69) is 16.2 Å². The second-order valence-corrected chi connectivity index (χ2v) is 7.85. The van der Waals surface area contributed by atoms with Crippen LogP contribution >= 0.6 is 11.3 Å². The van der Waals surface area contributed by atoms with Crippen molar-refractivity contribution in [3.63, 3.8) is 0 Å². The van der Waals surface area contributed by atoms with Gasteiger partial charge in [-0.2, -0.15) is 15.6 Å². The van der Waals surface area contributed by atoms with Crippen molar-refractivity contribution in [1.29, 1.82) is 10.5 Å². The molecule has 5 rings (SSSR count). The van der Waals surface area contributed by atoms with E-state index in [1.165, 1.54) is 11.3 Å². The molecule has 2 aliphatic rings. The lowest BCUT2D eigenvalue weighted by atomic mass is 9.83. The number of hydrogen-bond donors (Lipinski definition) is 0. The fourth-order valence-corrected chi connectivity index (χ4v) is 4.65. The van der Waals surface area contributed by atoms with Gasteiger partial charge in [0, 0.05) is 29.9 Å². The second kappa shape index (κ2) is 5.63. The van der Waals surface area contributed by atoms with E-state index in [-0.39, 0.29) is 11.8 Å². The molecule has 132 valence electrons. The Hall–Kier alpha value is -3.23. The van der Waals surface area contributed by atoms with Gasteiger partial charge < -0.3 is 4.90 Å². The highest BCUT2D eigenvalue weighted by Gasteiger charge is 2.56. The van der Waals surface area contributed by atoms with Crippen LogP contribution in [0.2, 0.25) is 0 Å². The van der Waals surface area contributed by atoms with E-state index in [1.54, 1.807) is 21.0 Å². The van der Waals surface area contributed by atoms with Crippen molar-refractivity contribution in [3.05, 3.63) is 35.6 Å². The molecule has 1 amide bonds. The summed E-state index contributed by atoms with van der Waals surface area (Å²) in [6.07, 6.45) is 6.00. The molecule has 0 bridgehead atoms. The zero-order valence-electron chi connectivity index (χ0n) is 14.3. The van der Waals surface area contributed by atoms with E-state index in [0.717, 1.165) is 34.6 Å². The number of hydrogen-bond acceptors (Lipinski definition) is 6. The van der Waals surface area contributed by atoms with Crippen LogP contribution < -0.4 is 4.90 Å². The van der Waals surface area contributed by atoms with Crippen LogP contribution in [-0.4, -0.2) is 27.0 Å². The number of nitriles is 2. The molecule has 27 heavy (non-hydrogen) atoms. The van der Waals surface area contributed by atoms with E-state index < -0.39 is 5.41 Å². The van der Waals surface area contributed by atoms with Gasteiger partial charge in [-0.3, -0.25) is 4.79 Å². The quantitative estimate of drug-likeness (QED) is 0.702. The topological polar surface area (TPSA) is 98.1 Å². The van der Waals surface area contributed by atoms with Crippen LogP contribution in [0.4, 0.5) is 5.69 Å². The molecule has 0 unspecified atom stereocenters. The van der Waals surface area contributed by atoms with Gasteiger partial charge in [0.2, 0.25) is 5.91 Å². The smallest absolute Gasteiger partial charge is 0.247 e. The number of fused-ring (bicyclic) bond motifs is 1. The van der Waals surface area contributed by atoms with Crippen LogP contribution in [0.5, 0.6) is 0 Å². The van der Waals surface area contributed by atoms with Crippen LogP contribution in [-0.2, 0) is 4.79 Å². The first-order valence-electron chi connectivity index (χ1n) is 8.73. The third-order valence-electron chi connectivity index (χ3n) is 5.47. The van der Waals surface area contributed by atoms with Gasteiger partial charge >= 0.3 is 0 Å². The average molecular weight is 374 g/mol. The molecule has 4 heterocycles. The minimum atomic E-state index is -0.868. The van der Waals surface area contributed by atoms with Gasteiger partial charge in [0.25, 0.3) is 0 Å². The zero-order valence-corrected chi connectivity index (χ0v) is 15.1. The van der Waals surface area contributed by atoms with Crippen molar-refractivity contribution in [2.75, 3.05) is 11.4 Å². The second-order valence-electron chi connectivity index (χ2n) is 6.99. The van der Waals surface area contributed by atoms with Gasteiger partial charge in [-0.1, -0.05) is 0 Å². The summed E-state index contributed by atoms with van der Waals surface area (Å²) in [5.74, 6) is 0.101. The van der Waals surface area contributed by atoms with Gasteiger partial charge in [0.15, 0.2) is 5.69 Å². The highest BCUT2D eigenvalue weighted by atomic mass is 32.1. The number of aromatic nitrogens is 3. The minimum absolute atomic E-state index is 0.0932. The lowest BCUT2D eigenvalue weighted by Crippen LogP contribution is -2.35. The van der Waals surface area contributed by atoms with Gasteiger partial charge in [0.1, 0.15) is 16.5 Å². The normalized spacial score (nSPS) is 22.1. The van der Waals surface area contributed by atoms with Crippen molar-refractivity contribution in [3.8, 4) is 22.7 Å². The maximum Gasteiger partial charge on any atom is 0.247 e. The Balaban J connectivity index is 1.57. The average Bonchev–Trinajstić information content (AvgIpc) is 3.15. The van der Waals surface area contributed by atoms with E-state index in [4.69, 9.17) is 5.26 Å². The molecule has 3 aromatic rings. The van der Waals surface area contributed by atoms with Gasteiger partial charge in [-0.25, -0.2) is 9.50 Å². The predicted octanol–water partition coefficient (Wildman–Crippen LogP) is 2.99. The molecule has 1 saturated carbocycles. The monoisotopic (exact) mass is 374 g/mol. The first kappa shape index (κ1) is 16.0. The highest BCUT2D eigenvalue weighted by molar-refractivity contribution is 7.13. The fourth-order valence-electron chi connectivity index (χ4n) is 3.92. The van der Waals surface area contributed by atoms with Crippen LogP contribution in [0.25, 0.3) is 16.1 Å². The van der Waals surface area contributed by atoms with Gasteiger partial charge in [-0.05, 0) is 37.3 Å². The molecule has 1 aliphatic carbocycles. The lowest BCUT2D eigenvalue weighted by Gasteiger charge is -2.21. The molecule has 0 N–H and O–H groups in total. The Kier molecular flexibility index (Phi) is 3.33. The molecular formula is C19H14N6OS. The van der Waals surface area contributed by atoms with E-state index >= 15 is 0 Å². The van der Waals surface area contributed by atoms with Crippen molar-refractivity contribution in [1.82, 2.24) is 14.6 Å². The number of rotatable bonds is 3. The first-order chi connectivity index (χ1) is 13.2. The molecule has 8 heteroatoms. The number of anilines is 1. The molecule has 0 aromatic carbocycles. The Morgan fingerprint density at radius 3 is 2.89 bits per heavy atom. The van der Waals surface area contributed by atoms with E-state index in [9.17, 15) is 10.1 Å². The molecule has 2 fully saturated rings. The predicted molar refractivity (Wildman–Crippen MR) is 98.8 cm³/mol. The molecule has 1 atom stereocenters. The molecule has 3 aromatic heterocycles. The largest absolute Gasteiger partial charge is 0.309 e. The molecule has 0 radical (unpaired) electrons. The lowest BCUT2D eigenvalue weighted by molar-refractivity contribution is -0.123. The Morgan fingerprint density at radius 1 is 1.33 bits per heavy atom. The number of amides is 1. The summed E-state index contributed by atoms with van der Waals surface area (Å²) >= 11 is 1.40. The van der Waals surface area contributed by atoms with Crippen molar-refractivity contribution < 1.29 is 4.79 Å². The van der Waals surface area contributed by atoms with Crippen LogP contribution in [0, 0.1) is 34.0 Å². The van der Waals surface area contributed by atoms with E-state index in [0.29, 0.717) is 18.7 Å². The van der Waals surface area contributed by atoms with Crippen LogP contribution in [0.15, 0.2) is 29.9 Å². The molecule has 1 aliphatic heterocycles. The molecule has 7 nitrogen and oxygen atoms in total. The van der Waals surface area contributed by atoms with Gasteiger partial charge in [0.05, 0.1) is 17.3 Å². The summed E-state index contributed by atoms with van der Waals surface area (Å²) in [7, 11) is 0. The zero-order chi connectivity index (χ0) is 18.6. The summed E-state index contributed by atoms with van der Waals surface area (Å²) < 4.78 is 1.72. The summed E-state index contributed by atoms with van der Waals surface area (Å²) in [6, 6.07) is 8.11. The van der Waals surface area contributed by atoms with Crippen molar-refractivity contribution in [2.45, 2.75) is 19.3 Å². The number of carbonyl (C=O) groups is 1. The minimum Gasteiger partial charge on any atom is -0.309 e. The third-order valence-corrected chi connectivity index (χ3v) is 6.36. The Bertz CT molecular complexity index is 1160. The SMILES string of the molecule is N#Cc1csc(-c2cc3c(N4CC[C@@](C#N)(C5CC5)C4=O)ccnn3c2)n1. The number of thiazole rings is 1. The maximum atomic E-state index is 13.1. The summed E-state index contributed by atoms with van der Waals surface area (Å²) in [5.41, 5.74) is 1.92. The molecule has 1 saturated heterocycles. The van der Waals surface area contributed by atoms with E-state index in [1.807, 2.05) is 24.4 Å². The summed E-state index contributed by atoms with van der Waals surface area (Å²) in [6.45, 7) is 0.541. The highest BCUT2D eigenvalue weighted by Crippen LogP contribution is 2.52. The Morgan fingerprint density at radius 2 is 2.19 bits per heavy atom. The number of carbonyl (C=O) groups excluding carboxylic acids is 1. The van der Waals surface area contributed by atoms with Crippen LogP contribution in [0.1, 0.15) is 25.0 Å². The van der Waals surface area contributed by atoms with Crippen LogP contribution in [0.3, 0.4) is 0 Å². The third kappa shape index (κ3) is 2.27.